The molecular weight excluding hydrogens is 434 g/mol. The highest BCUT2D eigenvalue weighted by molar-refractivity contribution is 7.99. The first-order chi connectivity index (χ1) is 16.2. The molecule has 3 heterocycles. The van der Waals surface area contributed by atoms with Gasteiger partial charge < -0.3 is 19.9 Å². The standard InChI is InChI=1S/C25H27N5O2S/c1-29-12-14-30(15-13-29)25-26-16-22(24(28-25)32-17-18-6-3-2-4-7-18)33-21-9-5-8-20-19(21)10-11-23(31)27-20/h2-9,16H,10-15,17H2,1H3,(H,27,31). The lowest BCUT2D eigenvalue weighted by atomic mass is 10.0. The molecular formula is C25H27N5O2S. The number of benzene rings is 2. The lowest BCUT2D eigenvalue weighted by Gasteiger charge is -2.32. The molecule has 1 saturated heterocycles. The van der Waals surface area contributed by atoms with Gasteiger partial charge in [-0.3, -0.25) is 4.79 Å². The molecule has 0 unspecified atom stereocenters. The summed E-state index contributed by atoms with van der Waals surface area (Å²) in [4.78, 5) is 27.8. The zero-order valence-electron chi connectivity index (χ0n) is 18.7. The maximum absolute atomic E-state index is 11.8. The van der Waals surface area contributed by atoms with Crippen molar-refractivity contribution >= 4 is 29.3 Å². The van der Waals surface area contributed by atoms with Crippen molar-refractivity contribution in [1.29, 1.82) is 0 Å². The highest BCUT2D eigenvalue weighted by atomic mass is 32.2. The smallest absolute Gasteiger partial charge is 0.232 e. The lowest BCUT2D eigenvalue weighted by Crippen LogP contribution is -2.45. The molecule has 8 heteroatoms. The molecule has 0 radical (unpaired) electrons. The summed E-state index contributed by atoms with van der Waals surface area (Å²) in [6, 6.07) is 16.1. The number of carbonyl (C=O) groups is 1. The second kappa shape index (κ2) is 9.80. The molecule has 7 nitrogen and oxygen atoms in total. The fourth-order valence-corrected chi connectivity index (χ4v) is 5.03. The van der Waals surface area contributed by atoms with Crippen LogP contribution in [0.5, 0.6) is 5.88 Å². The molecule has 1 fully saturated rings. The van der Waals surface area contributed by atoms with E-state index in [9.17, 15) is 4.79 Å². The number of likely N-dealkylation sites (N-methyl/N-ethyl adjacent to an activating group) is 1. The van der Waals surface area contributed by atoms with E-state index in [0.717, 1.165) is 59.2 Å². The zero-order valence-corrected chi connectivity index (χ0v) is 19.5. The number of amides is 1. The Labute approximate surface area is 198 Å². The number of rotatable bonds is 6. The van der Waals surface area contributed by atoms with Gasteiger partial charge >= 0.3 is 0 Å². The molecule has 170 valence electrons. The third-order valence-electron chi connectivity index (χ3n) is 5.94. The van der Waals surface area contributed by atoms with Crippen molar-refractivity contribution in [3.63, 3.8) is 0 Å². The molecule has 3 aromatic rings. The Morgan fingerprint density at radius 2 is 1.82 bits per heavy atom. The van der Waals surface area contributed by atoms with E-state index in [2.05, 4.69) is 33.2 Å². The molecule has 0 atom stereocenters. The minimum absolute atomic E-state index is 0.0661. The molecule has 0 bridgehead atoms. The normalized spacial score (nSPS) is 16.3. The van der Waals surface area contributed by atoms with Crippen LogP contribution in [0.15, 0.2) is 64.5 Å². The summed E-state index contributed by atoms with van der Waals surface area (Å²) in [5.41, 5.74) is 3.13. The topological polar surface area (TPSA) is 70.6 Å². The van der Waals surface area contributed by atoms with Crippen molar-refractivity contribution in [1.82, 2.24) is 14.9 Å². The summed E-state index contributed by atoms with van der Waals surface area (Å²) >= 11 is 1.59. The van der Waals surface area contributed by atoms with Crippen LogP contribution in [0.4, 0.5) is 11.6 Å². The van der Waals surface area contributed by atoms with Crippen molar-refractivity contribution in [2.24, 2.45) is 0 Å². The summed E-state index contributed by atoms with van der Waals surface area (Å²) in [6.45, 7) is 4.21. The average Bonchev–Trinajstić information content (AvgIpc) is 2.84. The van der Waals surface area contributed by atoms with Gasteiger partial charge in [-0.25, -0.2) is 4.98 Å². The van der Waals surface area contributed by atoms with Crippen LogP contribution in [-0.4, -0.2) is 54.0 Å². The van der Waals surface area contributed by atoms with Gasteiger partial charge in [0.2, 0.25) is 17.7 Å². The molecule has 1 aromatic heterocycles. The number of anilines is 2. The Balaban J connectivity index is 1.43. The summed E-state index contributed by atoms with van der Waals surface area (Å²) < 4.78 is 6.23. The monoisotopic (exact) mass is 461 g/mol. The van der Waals surface area contributed by atoms with Crippen molar-refractivity contribution in [3.8, 4) is 5.88 Å². The minimum Gasteiger partial charge on any atom is -0.472 e. The molecule has 1 amide bonds. The average molecular weight is 462 g/mol. The van der Waals surface area contributed by atoms with Gasteiger partial charge in [-0.1, -0.05) is 48.2 Å². The third-order valence-corrected chi connectivity index (χ3v) is 7.05. The summed E-state index contributed by atoms with van der Waals surface area (Å²) in [7, 11) is 2.13. The number of nitrogens with one attached hydrogen (secondary N) is 1. The van der Waals surface area contributed by atoms with Crippen LogP contribution in [0, 0.1) is 0 Å². The van der Waals surface area contributed by atoms with Crippen LogP contribution in [0.25, 0.3) is 0 Å². The quantitative estimate of drug-likeness (QED) is 0.598. The molecule has 2 aliphatic heterocycles. The van der Waals surface area contributed by atoms with Gasteiger partial charge in [-0.15, -0.1) is 0 Å². The Hall–Kier alpha value is -3.10. The summed E-state index contributed by atoms with van der Waals surface area (Å²) in [5.74, 6) is 1.36. The van der Waals surface area contributed by atoms with Crippen LogP contribution in [-0.2, 0) is 17.8 Å². The number of ether oxygens (including phenoxy) is 1. The summed E-state index contributed by atoms with van der Waals surface area (Å²) in [6.07, 6.45) is 3.10. The van der Waals surface area contributed by atoms with Crippen LogP contribution >= 0.6 is 11.8 Å². The van der Waals surface area contributed by atoms with Gasteiger partial charge in [0.25, 0.3) is 0 Å². The lowest BCUT2D eigenvalue weighted by molar-refractivity contribution is -0.116. The van der Waals surface area contributed by atoms with E-state index >= 15 is 0 Å². The maximum atomic E-state index is 11.8. The molecule has 5 rings (SSSR count). The molecule has 2 aromatic carbocycles. The number of fused-ring (bicyclic) bond motifs is 1. The second-order valence-electron chi connectivity index (χ2n) is 8.34. The first-order valence-electron chi connectivity index (χ1n) is 11.2. The first-order valence-corrected chi connectivity index (χ1v) is 12.0. The number of hydrogen-bond donors (Lipinski definition) is 1. The Bertz CT molecular complexity index is 1130. The molecule has 0 saturated carbocycles. The Kier molecular flexibility index (Phi) is 6.46. The Morgan fingerprint density at radius 1 is 1.00 bits per heavy atom. The number of carbonyl (C=O) groups excluding carboxylic acids is 1. The van der Waals surface area contributed by atoms with Crippen LogP contribution in [0.1, 0.15) is 17.5 Å². The number of nitrogens with zero attached hydrogens (tertiary/aromatic N) is 4. The molecule has 1 N–H and O–H groups in total. The van der Waals surface area contributed by atoms with Crippen LogP contribution < -0.4 is 15.0 Å². The van der Waals surface area contributed by atoms with E-state index in [1.54, 1.807) is 11.8 Å². The SMILES string of the molecule is CN1CCN(c2ncc(Sc3cccc4c3CCC(=O)N4)c(OCc3ccccc3)n2)CC1. The van der Waals surface area contributed by atoms with E-state index in [1.165, 1.54) is 0 Å². The van der Waals surface area contributed by atoms with Gasteiger partial charge in [-0.2, -0.15) is 4.98 Å². The first kappa shape index (κ1) is 21.7. The fourth-order valence-electron chi connectivity index (χ4n) is 4.01. The fraction of sp³-hybridized carbons (Fsp3) is 0.320. The minimum atomic E-state index is 0.0661. The van der Waals surface area contributed by atoms with E-state index in [-0.39, 0.29) is 5.91 Å². The predicted octanol–water partition coefficient (Wildman–Crippen LogP) is 3.84. The number of piperazine rings is 1. The van der Waals surface area contributed by atoms with Crippen LogP contribution in [0.2, 0.25) is 0 Å². The van der Waals surface area contributed by atoms with Crippen molar-refractivity contribution in [2.45, 2.75) is 29.2 Å². The van der Waals surface area contributed by atoms with E-state index in [4.69, 9.17) is 9.72 Å². The van der Waals surface area contributed by atoms with Gasteiger partial charge in [0, 0.05) is 43.2 Å². The van der Waals surface area contributed by atoms with Gasteiger partial charge in [0.15, 0.2) is 0 Å². The van der Waals surface area contributed by atoms with Crippen LogP contribution in [0.3, 0.4) is 0 Å². The maximum Gasteiger partial charge on any atom is 0.232 e. The van der Waals surface area contributed by atoms with E-state index in [0.29, 0.717) is 24.9 Å². The Morgan fingerprint density at radius 3 is 2.64 bits per heavy atom. The van der Waals surface area contributed by atoms with Gasteiger partial charge in [-0.05, 0) is 36.7 Å². The van der Waals surface area contributed by atoms with Crippen molar-refractivity contribution in [2.75, 3.05) is 43.4 Å². The van der Waals surface area contributed by atoms with Gasteiger partial charge in [0.1, 0.15) is 6.61 Å². The second-order valence-corrected chi connectivity index (χ2v) is 9.42. The molecule has 33 heavy (non-hydrogen) atoms. The predicted molar refractivity (Wildman–Crippen MR) is 130 cm³/mol. The number of aromatic nitrogens is 2. The molecule has 0 spiro atoms. The third kappa shape index (κ3) is 5.12. The summed E-state index contributed by atoms with van der Waals surface area (Å²) in [5, 5.41) is 2.98. The molecule has 0 aliphatic carbocycles. The van der Waals surface area contributed by atoms with Gasteiger partial charge in [0.05, 0.1) is 11.1 Å². The highest BCUT2D eigenvalue weighted by Gasteiger charge is 2.22. The highest BCUT2D eigenvalue weighted by Crippen LogP contribution is 2.40. The van der Waals surface area contributed by atoms with Crippen molar-refractivity contribution in [3.05, 3.63) is 65.9 Å². The largest absolute Gasteiger partial charge is 0.472 e. The molecule has 2 aliphatic rings. The van der Waals surface area contributed by atoms with Crippen molar-refractivity contribution < 1.29 is 9.53 Å². The zero-order chi connectivity index (χ0) is 22.6. The van der Waals surface area contributed by atoms with E-state index < -0.39 is 0 Å². The number of hydrogen-bond acceptors (Lipinski definition) is 7. The van der Waals surface area contributed by atoms with E-state index in [1.807, 2.05) is 48.7 Å².